The molecule has 0 saturated heterocycles. The maximum absolute atomic E-state index is 2.86. The van der Waals surface area contributed by atoms with Gasteiger partial charge in [-0.1, -0.05) is 115 Å². The second-order valence-electron chi connectivity index (χ2n) is 15.9. The van der Waals surface area contributed by atoms with E-state index >= 15 is 0 Å². The van der Waals surface area contributed by atoms with Crippen LogP contribution in [0.5, 0.6) is 0 Å². The third-order valence-electron chi connectivity index (χ3n) is 13.3. The highest BCUT2D eigenvalue weighted by Gasteiger charge is 2.40. The molecule has 0 radical (unpaired) electrons. The fourth-order valence-corrected chi connectivity index (χ4v) is 11.1. The van der Waals surface area contributed by atoms with Crippen LogP contribution in [0.3, 0.4) is 0 Å². The van der Waals surface area contributed by atoms with Crippen LogP contribution in [0.4, 0.5) is 0 Å². The fourth-order valence-electron chi connectivity index (χ4n) is 11.1. The molecule has 0 aliphatic heterocycles. The lowest BCUT2D eigenvalue weighted by Crippen LogP contribution is -2.30. The van der Waals surface area contributed by atoms with Crippen LogP contribution in [0.25, 0.3) is 35.6 Å². The van der Waals surface area contributed by atoms with Gasteiger partial charge in [0.15, 0.2) is 0 Å². The number of aromatic nitrogens is 2. The third kappa shape index (κ3) is 4.33. The number of hydrogen-bond acceptors (Lipinski definition) is 0. The van der Waals surface area contributed by atoms with Gasteiger partial charge in [0.25, 0.3) is 0 Å². The summed E-state index contributed by atoms with van der Waals surface area (Å²) in [7, 11) is 0. The van der Waals surface area contributed by atoms with Crippen LogP contribution in [0.15, 0.2) is 96.7 Å². The van der Waals surface area contributed by atoms with Crippen molar-refractivity contribution in [1.82, 2.24) is 9.13 Å². The second kappa shape index (κ2) is 11.5. The number of nitrogens with zero attached hydrogens (tertiary/aromatic N) is 2. The summed E-state index contributed by atoms with van der Waals surface area (Å²) >= 11 is 0. The Hall–Kier alpha value is -4.56. The zero-order valence-corrected chi connectivity index (χ0v) is 29.0. The highest BCUT2D eigenvalue weighted by atomic mass is 15.0. The molecule has 2 heteroatoms. The summed E-state index contributed by atoms with van der Waals surface area (Å²) < 4.78 is 5.53. The van der Waals surface area contributed by atoms with E-state index in [1.54, 1.807) is 17.0 Å². The number of rotatable bonds is 3. The Morgan fingerprint density at radius 2 is 1.26 bits per heavy atom. The van der Waals surface area contributed by atoms with Crippen LogP contribution < -0.4 is 0 Å². The van der Waals surface area contributed by atoms with E-state index in [4.69, 9.17) is 0 Å². The molecule has 0 spiro atoms. The van der Waals surface area contributed by atoms with Crippen molar-refractivity contribution in [2.24, 2.45) is 17.8 Å². The Morgan fingerprint density at radius 3 is 2.10 bits per heavy atom. The largest absolute Gasteiger partial charge is 0.341 e. The molecule has 1 aromatic carbocycles. The van der Waals surface area contributed by atoms with E-state index in [2.05, 4.69) is 125 Å². The van der Waals surface area contributed by atoms with Crippen LogP contribution in [0.2, 0.25) is 0 Å². The summed E-state index contributed by atoms with van der Waals surface area (Å²) in [6.45, 7) is 0. The zero-order chi connectivity index (χ0) is 32.8. The monoisotopic (exact) mass is 650 g/mol. The van der Waals surface area contributed by atoms with Gasteiger partial charge in [0.05, 0.1) is 6.04 Å². The van der Waals surface area contributed by atoms with Gasteiger partial charge in [-0.05, 0) is 111 Å². The van der Waals surface area contributed by atoms with Crippen LogP contribution in [-0.4, -0.2) is 9.13 Å². The van der Waals surface area contributed by atoms with Crippen molar-refractivity contribution in [1.29, 1.82) is 0 Å². The van der Waals surface area contributed by atoms with Gasteiger partial charge in [0, 0.05) is 56.6 Å². The molecule has 0 fully saturated rings. The van der Waals surface area contributed by atoms with Gasteiger partial charge in [0.1, 0.15) is 0 Å². The van der Waals surface area contributed by atoms with Crippen LogP contribution in [0.1, 0.15) is 113 Å². The summed E-state index contributed by atoms with van der Waals surface area (Å²) in [6, 6.07) is 9.65. The van der Waals surface area contributed by atoms with Crippen molar-refractivity contribution in [2.45, 2.75) is 82.6 Å². The molecule has 0 saturated carbocycles. The highest BCUT2D eigenvalue weighted by molar-refractivity contribution is 5.83. The Kier molecular flexibility index (Phi) is 6.71. The smallest absolute Gasteiger partial charge is 0.0522 e. The lowest BCUT2D eigenvalue weighted by Gasteiger charge is -2.42. The van der Waals surface area contributed by atoms with E-state index < -0.39 is 0 Å². The molecule has 2 heterocycles. The Balaban J connectivity index is 0.961. The predicted molar refractivity (Wildman–Crippen MR) is 209 cm³/mol. The first-order valence-corrected chi connectivity index (χ1v) is 19.6. The first-order valence-electron chi connectivity index (χ1n) is 19.6. The van der Waals surface area contributed by atoms with E-state index in [-0.39, 0.29) is 0 Å². The fraction of sp³-hybridized carbons (Fsp3) is 0.333. The van der Waals surface area contributed by atoms with Crippen molar-refractivity contribution in [2.75, 3.05) is 0 Å². The van der Waals surface area contributed by atoms with Crippen molar-refractivity contribution >= 4 is 35.6 Å². The van der Waals surface area contributed by atoms with Crippen LogP contribution in [-0.2, 0) is 25.7 Å². The van der Waals surface area contributed by atoms with Gasteiger partial charge in [0.2, 0.25) is 0 Å². The lowest BCUT2D eigenvalue weighted by atomic mass is 9.65. The van der Waals surface area contributed by atoms with E-state index in [1.807, 2.05) is 0 Å². The molecular weight excluding hydrogens is 605 g/mol. The minimum absolute atomic E-state index is 0.409. The van der Waals surface area contributed by atoms with Crippen LogP contribution in [0, 0.1) is 17.8 Å². The standard InChI is InChI=1S/C48H46N2/c1-2-12-33(13-3-1)49-45-20-10-8-18-40(45)42-25-22-31(28-47(42)49)32-23-26-43-41-19-9-11-21-46(41)50(48(43)29-32)34-24-27-39-37-16-5-4-14-35(37)36-15-6-7-17-38(36)44(39)30-34/h2,4-6,8-9,12-16,18-19,22-27,31-32,34,39,44H,1,3,7,10-11,17,20-21,28-30H2/t31-,32?,34-,39-,44?/m0/s1. The summed E-state index contributed by atoms with van der Waals surface area (Å²) in [5, 5.41) is 0. The maximum atomic E-state index is 2.86. The maximum Gasteiger partial charge on any atom is 0.0522 e. The molecule has 0 amide bonds. The van der Waals surface area contributed by atoms with E-state index in [9.17, 15) is 0 Å². The average Bonchev–Trinajstić information content (AvgIpc) is 3.70. The summed E-state index contributed by atoms with van der Waals surface area (Å²) in [6.07, 6.45) is 49.8. The Bertz CT molecular complexity index is 2220. The summed E-state index contributed by atoms with van der Waals surface area (Å²) in [4.78, 5) is 0. The van der Waals surface area contributed by atoms with Crippen molar-refractivity contribution in [3.05, 3.63) is 153 Å². The number of allylic oxidation sites excluding steroid dienone is 14. The van der Waals surface area contributed by atoms with Crippen LogP contribution >= 0.6 is 0 Å². The molecule has 11 rings (SSSR count). The van der Waals surface area contributed by atoms with Gasteiger partial charge in [-0.25, -0.2) is 0 Å². The van der Waals surface area contributed by atoms with Gasteiger partial charge in [-0.2, -0.15) is 0 Å². The summed E-state index contributed by atoms with van der Waals surface area (Å²) in [5.74, 6) is 2.07. The Labute approximate surface area is 297 Å². The average molecular weight is 651 g/mol. The van der Waals surface area contributed by atoms with E-state index in [0.29, 0.717) is 29.7 Å². The number of benzene rings is 1. The van der Waals surface area contributed by atoms with Gasteiger partial charge in [-0.15, -0.1) is 0 Å². The molecule has 0 bridgehead atoms. The third-order valence-corrected chi connectivity index (χ3v) is 13.3. The molecule has 5 atom stereocenters. The predicted octanol–water partition coefficient (Wildman–Crippen LogP) is 11.5. The molecule has 0 N–H and O–H groups in total. The molecule has 2 unspecified atom stereocenters. The first kappa shape index (κ1) is 29.2. The minimum atomic E-state index is 0.409. The SMILES string of the molecule is C1=CC(n2c3c(c4c2C[C@@H](C2C=Cc5c6c(n([C@H]7C=C[C@H]8c9ccccc9C9=C(CCC=C9)C8C7)c5C2)CCC=C6)C=C4)C=CCC3)=CCC1. The van der Waals surface area contributed by atoms with Gasteiger partial charge >= 0.3 is 0 Å². The van der Waals surface area contributed by atoms with E-state index in [0.717, 1.165) is 51.4 Å². The summed E-state index contributed by atoms with van der Waals surface area (Å²) in [5.41, 5.74) is 19.8. The molecule has 2 nitrogen and oxygen atoms in total. The second-order valence-corrected chi connectivity index (χ2v) is 15.9. The molecule has 50 heavy (non-hydrogen) atoms. The molecule has 2 aromatic heterocycles. The zero-order valence-electron chi connectivity index (χ0n) is 29.0. The van der Waals surface area contributed by atoms with Crippen molar-refractivity contribution in [3.8, 4) is 0 Å². The Morgan fingerprint density at radius 1 is 0.560 bits per heavy atom. The molecular formula is C48H46N2. The first-order chi connectivity index (χ1) is 24.8. The lowest BCUT2D eigenvalue weighted by molar-refractivity contribution is 0.372. The topological polar surface area (TPSA) is 9.86 Å². The van der Waals surface area contributed by atoms with Crippen molar-refractivity contribution < 1.29 is 0 Å². The van der Waals surface area contributed by atoms with Gasteiger partial charge in [-0.3, -0.25) is 0 Å². The quantitative estimate of drug-likeness (QED) is 0.250. The minimum Gasteiger partial charge on any atom is -0.341 e. The normalized spacial score (nSPS) is 28.0. The van der Waals surface area contributed by atoms with E-state index in [1.165, 1.54) is 75.3 Å². The van der Waals surface area contributed by atoms with Gasteiger partial charge < -0.3 is 9.13 Å². The molecule has 3 aromatic rings. The molecule has 8 aliphatic rings. The number of fused-ring (bicyclic) bond motifs is 11. The molecule has 8 aliphatic carbocycles. The number of hydrogen-bond donors (Lipinski definition) is 0. The highest BCUT2D eigenvalue weighted by Crippen LogP contribution is 2.53. The van der Waals surface area contributed by atoms with Crippen molar-refractivity contribution in [3.63, 3.8) is 0 Å². The molecule has 248 valence electrons.